The number of nitrogens with two attached hydrogens (primary N) is 1. The van der Waals surface area contributed by atoms with E-state index in [4.69, 9.17) is 10.5 Å². The SMILES string of the molecule is Cc1nc(N)ccc1-c1cc(N2CCOCC2)cc(S(=O)(=O)Cc2ccc(F)cc2)c1. The quantitative estimate of drug-likeness (QED) is 0.651. The second-order valence-electron chi connectivity index (χ2n) is 7.57. The predicted molar refractivity (Wildman–Crippen MR) is 119 cm³/mol. The summed E-state index contributed by atoms with van der Waals surface area (Å²) in [6, 6.07) is 14.4. The monoisotopic (exact) mass is 441 g/mol. The van der Waals surface area contributed by atoms with Gasteiger partial charge in [0, 0.05) is 30.0 Å². The van der Waals surface area contributed by atoms with Crippen LogP contribution < -0.4 is 10.6 Å². The van der Waals surface area contributed by atoms with Crippen LogP contribution in [0.5, 0.6) is 0 Å². The molecule has 2 heterocycles. The third kappa shape index (κ3) is 4.86. The molecule has 1 aromatic heterocycles. The molecule has 0 radical (unpaired) electrons. The maximum atomic E-state index is 13.3. The topological polar surface area (TPSA) is 85.5 Å². The molecule has 4 rings (SSSR count). The molecular formula is C23H24FN3O3S. The number of nitrogens with zero attached hydrogens (tertiary/aromatic N) is 2. The lowest BCUT2D eigenvalue weighted by atomic mass is 10.0. The summed E-state index contributed by atoms with van der Waals surface area (Å²) in [6.07, 6.45) is 0. The first-order valence-electron chi connectivity index (χ1n) is 10.0. The highest BCUT2D eigenvalue weighted by Gasteiger charge is 2.21. The van der Waals surface area contributed by atoms with Gasteiger partial charge in [-0.15, -0.1) is 0 Å². The molecule has 1 saturated heterocycles. The van der Waals surface area contributed by atoms with Crippen molar-refractivity contribution in [3.8, 4) is 11.1 Å². The number of anilines is 2. The van der Waals surface area contributed by atoms with Crippen molar-refractivity contribution in [2.24, 2.45) is 0 Å². The Morgan fingerprint density at radius 3 is 2.45 bits per heavy atom. The van der Waals surface area contributed by atoms with Crippen LogP contribution in [0.2, 0.25) is 0 Å². The zero-order valence-corrected chi connectivity index (χ0v) is 18.0. The number of halogens is 1. The summed E-state index contributed by atoms with van der Waals surface area (Å²) in [7, 11) is -3.66. The van der Waals surface area contributed by atoms with Gasteiger partial charge in [-0.05, 0) is 60.5 Å². The number of sulfone groups is 1. The summed E-state index contributed by atoms with van der Waals surface area (Å²) in [5.41, 5.74) is 9.44. The van der Waals surface area contributed by atoms with E-state index < -0.39 is 15.7 Å². The molecule has 31 heavy (non-hydrogen) atoms. The second-order valence-corrected chi connectivity index (χ2v) is 9.56. The van der Waals surface area contributed by atoms with Crippen LogP contribution in [0.15, 0.2) is 59.5 Å². The van der Waals surface area contributed by atoms with E-state index in [1.807, 2.05) is 19.1 Å². The van der Waals surface area contributed by atoms with Crippen molar-refractivity contribution in [1.29, 1.82) is 0 Å². The van der Waals surface area contributed by atoms with Crippen molar-refractivity contribution in [3.63, 3.8) is 0 Å². The molecule has 0 aliphatic carbocycles. The van der Waals surface area contributed by atoms with Crippen LogP contribution in [-0.4, -0.2) is 39.7 Å². The van der Waals surface area contributed by atoms with E-state index in [1.54, 1.807) is 18.2 Å². The van der Waals surface area contributed by atoms with Crippen molar-refractivity contribution < 1.29 is 17.5 Å². The number of rotatable bonds is 5. The standard InChI is InChI=1S/C23H24FN3O3S/c1-16-22(6-7-23(25)26-16)18-12-20(27-8-10-30-11-9-27)14-21(13-18)31(28,29)15-17-2-4-19(24)5-3-17/h2-7,12-14H,8-11,15H2,1H3,(H2,25,26). The highest BCUT2D eigenvalue weighted by Crippen LogP contribution is 2.32. The van der Waals surface area contributed by atoms with Gasteiger partial charge in [0.15, 0.2) is 9.84 Å². The number of morpholine rings is 1. The fourth-order valence-electron chi connectivity index (χ4n) is 3.69. The van der Waals surface area contributed by atoms with E-state index >= 15 is 0 Å². The first kappa shape index (κ1) is 21.3. The molecule has 2 N–H and O–H groups in total. The summed E-state index contributed by atoms with van der Waals surface area (Å²) in [5, 5.41) is 0. The average molecular weight is 442 g/mol. The Hall–Kier alpha value is -2.97. The van der Waals surface area contributed by atoms with Crippen LogP contribution in [-0.2, 0) is 20.3 Å². The van der Waals surface area contributed by atoms with Crippen molar-refractivity contribution in [3.05, 3.63) is 71.7 Å². The van der Waals surface area contributed by atoms with Gasteiger partial charge in [0.1, 0.15) is 11.6 Å². The van der Waals surface area contributed by atoms with Crippen LogP contribution in [0, 0.1) is 12.7 Å². The molecule has 6 nitrogen and oxygen atoms in total. The molecule has 0 atom stereocenters. The molecule has 0 bridgehead atoms. The molecule has 0 saturated carbocycles. The second kappa shape index (κ2) is 8.64. The zero-order valence-electron chi connectivity index (χ0n) is 17.2. The lowest BCUT2D eigenvalue weighted by Gasteiger charge is -2.29. The summed E-state index contributed by atoms with van der Waals surface area (Å²) >= 11 is 0. The molecule has 2 aromatic carbocycles. The lowest BCUT2D eigenvalue weighted by Crippen LogP contribution is -2.36. The highest BCUT2D eigenvalue weighted by atomic mass is 32.2. The van der Waals surface area contributed by atoms with Crippen LogP contribution in [0.25, 0.3) is 11.1 Å². The van der Waals surface area contributed by atoms with Crippen LogP contribution >= 0.6 is 0 Å². The fraction of sp³-hybridized carbons (Fsp3) is 0.261. The molecule has 3 aromatic rings. The van der Waals surface area contributed by atoms with Gasteiger partial charge >= 0.3 is 0 Å². The first-order chi connectivity index (χ1) is 14.8. The smallest absolute Gasteiger partial charge is 0.182 e. The molecule has 1 aliphatic heterocycles. The Morgan fingerprint density at radius 1 is 1.06 bits per heavy atom. The van der Waals surface area contributed by atoms with E-state index in [1.165, 1.54) is 24.3 Å². The third-order valence-corrected chi connectivity index (χ3v) is 6.98. The van der Waals surface area contributed by atoms with Gasteiger partial charge in [0.25, 0.3) is 0 Å². The van der Waals surface area contributed by atoms with E-state index in [0.29, 0.717) is 37.7 Å². The van der Waals surface area contributed by atoms with Gasteiger partial charge in [-0.3, -0.25) is 0 Å². The van der Waals surface area contributed by atoms with Crippen molar-refractivity contribution in [2.75, 3.05) is 36.9 Å². The number of aromatic nitrogens is 1. The first-order valence-corrected chi connectivity index (χ1v) is 11.7. The highest BCUT2D eigenvalue weighted by molar-refractivity contribution is 7.90. The third-order valence-electron chi connectivity index (χ3n) is 5.31. The van der Waals surface area contributed by atoms with Crippen LogP contribution in [0.3, 0.4) is 0 Å². The number of hydrogen-bond acceptors (Lipinski definition) is 6. The molecule has 0 amide bonds. The maximum absolute atomic E-state index is 13.3. The van der Waals surface area contributed by atoms with Gasteiger partial charge in [-0.1, -0.05) is 12.1 Å². The Balaban J connectivity index is 1.79. The lowest BCUT2D eigenvalue weighted by molar-refractivity contribution is 0.122. The van der Waals surface area contributed by atoms with Gasteiger partial charge in [0.05, 0.1) is 23.9 Å². The zero-order chi connectivity index (χ0) is 22.0. The van der Waals surface area contributed by atoms with E-state index in [9.17, 15) is 12.8 Å². The average Bonchev–Trinajstić information content (AvgIpc) is 2.75. The minimum atomic E-state index is -3.66. The molecule has 162 valence electrons. The molecule has 8 heteroatoms. The van der Waals surface area contributed by atoms with E-state index in [0.717, 1.165) is 22.5 Å². The maximum Gasteiger partial charge on any atom is 0.182 e. The molecular weight excluding hydrogens is 417 g/mol. The predicted octanol–water partition coefficient (Wildman–Crippen LogP) is 3.59. The van der Waals surface area contributed by atoms with Gasteiger partial charge in [-0.25, -0.2) is 17.8 Å². The van der Waals surface area contributed by atoms with E-state index in [-0.39, 0.29) is 10.6 Å². The Labute approximate surface area is 181 Å². The van der Waals surface area contributed by atoms with Gasteiger partial charge < -0.3 is 15.4 Å². The van der Waals surface area contributed by atoms with E-state index in [2.05, 4.69) is 9.88 Å². The Kier molecular flexibility index (Phi) is 5.93. The number of nitrogen functional groups attached to an aromatic ring is 1. The van der Waals surface area contributed by atoms with Gasteiger partial charge in [0.2, 0.25) is 0 Å². The largest absolute Gasteiger partial charge is 0.384 e. The number of aryl methyl sites for hydroxylation is 1. The van der Waals surface area contributed by atoms with Crippen LogP contribution in [0.4, 0.5) is 15.9 Å². The summed E-state index contributed by atoms with van der Waals surface area (Å²) in [5.74, 6) is -0.197. The number of benzene rings is 2. The summed E-state index contributed by atoms with van der Waals surface area (Å²) in [4.78, 5) is 6.65. The summed E-state index contributed by atoms with van der Waals surface area (Å²) in [6.45, 7) is 4.38. The van der Waals surface area contributed by atoms with Crippen molar-refractivity contribution in [1.82, 2.24) is 4.98 Å². The number of pyridine rings is 1. The minimum Gasteiger partial charge on any atom is -0.384 e. The Bertz CT molecular complexity index is 1190. The molecule has 1 fully saturated rings. The molecule has 0 unspecified atom stereocenters. The molecule has 1 aliphatic rings. The van der Waals surface area contributed by atoms with Crippen molar-refractivity contribution in [2.45, 2.75) is 17.6 Å². The Morgan fingerprint density at radius 2 is 1.77 bits per heavy atom. The summed E-state index contributed by atoms with van der Waals surface area (Å²) < 4.78 is 45.2. The molecule has 0 spiro atoms. The number of hydrogen-bond donors (Lipinski definition) is 1. The normalized spacial score (nSPS) is 14.6. The fourth-order valence-corrected chi connectivity index (χ4v) is 5.10. The van der Waals surface area contributed by atoms with Crippen LogP contribution in [0.1, 0.15) is 11.3 Å². The minimum absolute atomic E-state index is 0.210. The van der Waals surface area contributed by atoms with Crippen molar-refractivity contribution >= 4 is 21.3 Å². The number of ether oxygens (including phenoxy) is 1. The van der Waals surface area contributed by atoms with Gasteiger partial charge in [-0.2, -0.15) is 0 Å².